The minimum absolute atomic E-state index is 0.163. The Bertz CT molecular complexity index is 1490. The van der Waals surface area contributed by atoms with E-state index >= 15 is 0 Å². The fourth-order valence-corrected chi connectivity index (χ4v) is 6.40. The van der Waals surface area contributed by atoms with Crippen LogP contribution in [0.3, 0.4) is 0 Å². The summed E-state index contributed by atoms with van der Waals surface area (Å²) in [5.41, 5.74) is 1.26. The molecule has 1 aliphatic heterocycles. The highest BCUT2D eigenvalue weighted by Crippen LogP contribution is 2.35. The standard InChI is InChI=1S/C25H25N3O6S2/c1-32-18-6-8-19(9-7-18)36(30,31)28-12-10-16(11-13-28)24(29)27-25-26-20(15-35-25)22-14-17-4-3-5-21(33-2)23(17)34-22/h3-9,14-16H,10-13H2,1-2H3,(H,26,27,29). The second-order valence-corrected chi connectivity index (χ2v) is 11.2. The van der Waals surface area contributed by atoms with Gasteiger partial charge in [0.25, 0.3) is 0 Å². The summed E-state index contributed by atoms with van der Waals surface area (Å²) >= 11 is 1.31. The van der Waals surface area contributed by atoms with Gasteiger partial charge in [-0.25, -0.2) is 13.4 Å². The molecule has 0 saturated carbocycles. The number of fused-ring (bicyclic) bond motifs is 1. The van der Waals surface area contributed by atoms with E-state index in [-0.39, 0.29) is 29.8 Å². The van der Waals surface area contributed by atoms with Crippen molar-refractivity contribution in [3.63, 3.8) is 0 Å². The van der Waals surface area contributed by atoms with Crippen molar-refractivity contribution >= 4 is 43.4 Å². The third-order valence-corrected chi connectivity index (χ3v) is 8.91. The molecule has 0 aliphatic carbocycles. The summed E-state index contributed by atoms with van der Waals surface area (Å²) < 4.78 is 43.7. The van der Waals surface area contributed by atoms with Crippen molar-refractivity contribution in [1.82, 2.24) is 9.29 Å². The molecule has 1 N–H and O–H groups in total. The number of carbonyl (C=O) groups excluding carboxylic acids is 1. The lowest BCUT2D eigenvalue weighted by atomic mass is 9.97. The summed E-state index contributed by atoms with van der Waals surface area (Å²) in [6.45, 7) is 0.548. The normalized spacial score (nSPS) is 15.2. The quantitative estimate of drug-likeness (QED) is 0.374. The molecule has 4 aromatic rings. The van der Waals surface area contributed by atoms with Crippen LogP contribution in [0.4, 0.5) is 5.13 Å². The van der Waals surface area contributed by atoms with Crippen LogP contribution < -0.4 is 14.8 Å². The molecule has 0 spiro atoms. The number of sulfonamides is 1. The maximum atomic E-state index is 13.0. The van der Waals surface area contributed by atoms with Gasteiger partial charge in [-0.2, -0.15) is 4.31 Å². The number of anilines is 1. The van der Waals surface area contributed by atoms with Gasteiger partial charge >= 0.3 is 0 Å². The van der Waals surface area contributed by atoms with Crippen molar-refractivity contribution in [2.75, 3.05) is 32.6 Å². The largest absolute Gasteiger partial charge is 0.497 e. The number of hydrogen-bond donors (Lipinski definition) is 1. The monoisotopic (exact) mass is 527 g/mol. The number of amides is 1. The van der Waals surface area contributed by atoms with Crippen molar-refractivity contribution in [3.8, 4) is 23.0 Å². The van der Waals surface area contributed by atoms with Crippen LogP contribution in [0.1, 0.15) is 12.8 Å². The lowest BCUT2D eigenvalue weighted by molar-refractivity contribution is -0.120. The Morgan fingerprint density at radius 1 is 1.11 bits per heavy atom. The number of hydrogen-bond acceptors (Lipinski definition) is 8. The first-order valence-corrected chi connectivity index (χ1v) is 13.7. The third kappa shape index (κ3) is 4.69. The highest BCUT2D eigenvalue weighted by molar-refractivity contribution is 7.89. The fraction of sp³-hybridized carbons (Fsp3) is 0.280. The summed E-state index contributed by atoms with van der Waals surface area (Å²) in [4.78, 5) is 17.6. The number of thiazole rings is 1. The second kappa shape index (κ2) is 9.92. The number of rotatable bonds is 7. The van der Waals surface area contributed by atoms with E-state index in [1.807, 2.05) is 29.6 Å². The maximum absolute atomic E-state index is 13.0. The van der Waals surface area contributed by atoms with Crippen LogP contribution in [-0.2, 0) is 14.8 Å². The van der Waals surface area contributed by atoms with Gasteiger partial charge in [0.2, 0.25) is 15.9 Å². The van der Waals surface area contributed by atoms with Crippen molar-refractivity contribution < 1.29 is 27.1 Å². The molecular weight excluding hydrogens is 502 g/mol. The average molecular weight is 528 g/mol. The molecule has 1 amide bonds. The Hall–Kier alpha value is -3.41. The molecule has 5 rings (SSSR count). The molecule has 1 fully saturated rings. The Kier molecular flexibility index (Phi) is 6.69. The average Bonchev–Trinajstić information content (AvgIpc) is 3.55. The number of nitrogens with one attached hydrogen (secondary N) is 1. The smallest absolute Gasteiger partial charge is 0.243 e. The van der Waals surface area contributed by atoms with Crippen LogP contribution >= 0.6 is 11.3 Å². The predicted molar refractivity (Wildman–Crippen MR) is 137 cm³/mol. The minimum atomic E-state index is -3.62. The number of carbonyl (C=O) groups is 1. The number of furan rings is 1. The van der Waals surface area contributed by atoms with Crippen LogP contribution in [0.25, 0.3) is 22.4 Å². The van der Waals surface area contributed by atoms with E-state index in [9.17, 15) is 13.2 Å². The van der Waals surface area contributed by atoms with E-state index in [1.165, 1.54) is 34.9 Å². The molecular formula is C25H25N3O6S2. The lowest BCUT2D eigenvalue weighted by Gasteiger charge is -2.30. The van der Waals surface area contributed by atoms with Gasteiger partial charge in [0.05, 0.1) is 19.1 Å². The fourth-order valence-electron chi connectivity index (χ4n) is 4.23. The van der Waals surface area contributed by atoms with Gasteiger partial charge in [0.1, 0.15) is 11.4 Å². The molecule has 2 aromatic heterocycles. The van der Waals surface area contributed by atoms with Crippen molar-refractivity contribution in [3.05, 3.63) is 53.9 Å². The maximum Gasteiger partial charge on any atom is 0.243 e. The van der Waals surface area contributed by atoms with Gasteiger partial charge in [-0.15, -0.1) is 11.3 Å². The van der Waals surface area contributed by atoms with E-state index in [2.05, 4.69) is 10.3 Å². The Morgan fingerprint density at radius 2 is 1.86 bits per heavy atom. The predicted octanol–water partition coefficient (Wildman–Crippen LogP) is 4.61. The lowest BCUT2D eigenvalue weighted by Crippen LogP contribution is -2.41. The van der Waals surface area contributed by atoms with E-state index in [0.717, 1.165) is 5.39 Å². The van der Waals surface area contributed by atoms with Crippen molar-refractivity contribution in [1.29, 1.82) is 0 Å². The summed E-state index contributed by atoms with van der Waals surface area (Å²) in [7, 11) is -0.503. The topological polar surface area (TPSA) is 111 Å². The molecule has 1 saturated heterocycles. The molecule has 0 unspecified atom stereocenters. The molecule has 1 aliphatic rings. The molecule has 11 heteroatoms. The number of ether oxygens (including phenoxy) is 2. The minimum Gasteiger partial charge on any atom is -0.497 e. The molecule has 0 atom stereocenters. The number of aromatic nitrogens is 1. The Morgan fingerprint density at radius 3 is 2.56 bits per heavy atom. The number of piperidine rings is 1. The Balaban J connectivity index is 1.21. The zero-order valence-corrected chi connectivity index (χ0v) is 21.4. The zero-order chi connectivity index (χ0) is 25.3. The first-order valence-electron chi connectivity index (χ1n) is 11.4. The van der Waals surface area contributed by atoms with Crippen molar-refractivity contribution in [2.24, 2.45) is 5.92 Å². The summed E-state index contributed by atoms with van der Waals surface area (Å²) in [5.74, 6) is 1.36. The highest BCUT2D eigenvalue weighted by atomic mass is 32.2. The zero-order valence-electron chi connectivity index (χ0n) is 19.8. The van der Waals surface area contributed by atoms with Crippen LogP contribution in [0.5, 0.6) is 11.5 Å². The summed E-state index contributed by atoms with van der Waals surface area (Å²) in [6.07, 6.45) is 0.867. The second-order valence-electron chi connectivity index (χ2n) is 8.37. The van der Waals surface area contributed by atoms with E-state index in [0.29, 0.717) is 46.5 Å². The molecule has 36 heavy (non-hydrogen) atoms. The van der Waals surface area contributed by atoms with Crippen molar-refractivity contribution in [2.45, 2.75) is 17.7 Å². The van der Waals surface area contributed by atoms with Gasteiger partial charge in [-0.05, 0) is 49.2 Å². The van der Waals surface area contributed by atoms with Crippen LogP contribution in [-0.4, -0.2) is 50.9 Å². The molecule has 0 radical (unpaired) electrons. The van der Waals surface area contributed by atoms with E-state index in [4.69, 9.17) is 13.9 Å². The number of methoxy groups -OCH3 is 2. The summed E-state index contributed by atoms with van der Waals surface area (Å²) in [5, 5.41) is 6.07. The highest BCUT2D eigenvalue weighted by Gasteiger charge is 2.32. The number of benzene rings is 2. The van der Waals surface area contributed by atoms with Crippen LogP contribution in [0.2, 0.25) is 0 Å². The van der Waals surface area contributed by atoms with Gasteiger partial charge in [-0.3, -0.25) is 4.79 Å². The molecule has 2 aromatic carbocycles. The van der Waals surface area contributed by atoms with Crippen LogP contribution in [0.15, 0.2) is 63.2 Å². The summed E-state index contributed by atoms with van der Waals surface area (Å²) in [6, 6.07) is 13.8. The number of para-hydroxylation sites is 1. The van der Waals surface area contributed by atoms with Gasteiger partial charge in [-0.1, -0.05) is 12.1 Å². The molecule has 188 valence electrons. The Labute approximate surface area is 212 Å². The SMILES string of the molecule is COc1ccc(S(=O)(=O)N2CCC(C(=O)Nc3nc(-c4cc5cccc(OC)c5o4)cs3)CC2)cc1. The van der Waals surface area contributed by atoms with E-state index < -0.39 is 10.0 Å². The van der Waals surface area contributed by atoms with Gasteiger partial charge in [0.15, 0.2) is 22.2 Å². The van der Waals surface area contributed by atoms with E-state index in [1.54, 1.807) is 19.2 Å². The van der Waals surface area contributed by atoms with Crippen LogP contribution in [0, 0.1) is 5.92 Å². The first-order chi connectivity index (χ1) is 17.4. The molecule has 3 heterocycles. The van der Waals surface area contributed by atoms with Gasteiger partial charge in [0, 0.05) is 29.8 Å². The first kappa shape index (κ1) is 24.3. The molecule has 0 bridgehead atoms. The van der Waals surface area contributed by atoms with Gasteiger partial charge < -0.3 is 19.2 Å². The third-order valence-electron chi connectivity index (χ3n) is 6.24. The number of nitrogens with zero attached hydrogens (tertiary/aromatic N) is 2. The molecule has 9 nitrogen and oxygen atoms in total.